The molecule has 0 radical (unpaired) electrons. The summed E-state index contributed by atoms with van der Waals surface area (Å²) in [5.74, 6) is 0.801. The minimum absolute atomic E-state index is 0.710. The van der Waals surface area contributed by atoms with Crippen LogP contribution in [0.4, 0.5) is 0 Å². The number of aryl methyl sites for hydroxylation is 1. The standard InChI is InChI=1S/C17H26ClNO2/c1-15-6-7-17(16(18)14-15)21-11-5-3-2-4-8-19-9-12-20-13-10-19/h6-7,14H,2-5,8-13H2,1H3. The van der Waals surface area contributed by atoms with E-state index in [4.69, 9.17) is 21.1 Å². The molecule has 3 nitrogen and oxygen atoms in total. The topological polar surface area (TPSA) is 21.7 Å². The number of morpholine rings is 1. The average molecular weight is 312 g/mol. The number of hydrogen-bond acceptors (Lipinski definition) is 3. The Kier molecular flexibility index (Phi) is 7.34. The van der Waals surface area contributed by atoms with Crippen LogP contribution in [0.1, 0.15) is 31.2 Å². The van der Waals surface area contributed by atoms with E-state index in [9.17, 15) is 0 Å². The van der Waals surface area contributed by atoms with Gasteiger partial charge in [0.05, 0.1) is 24.8 Å². The minimum Gasteiger partial charge on any atom is -0.492 e. The molecule has 0 unspecified atom stereocenters. The second kappa shape index (κ2) is 9.29. The first-order valence-electron chi connectivity index (χ1n) is 7.95. The third kappa shape index (κ3) is 6.25. The molecule has 1 saturated heterocycles. The zero-order valence-electron chi connectivity index (χ0n) is 12.9. The second-order valence-electron chi connectivity index (χ2n) is 5.65. The van der Waals surface area contributed by atoms with Gasteiger partial charge >= 0.3 is 0 Å². The fourth-order valence-corrected chi connectivity index (χ4v) is 2.81. The van der Waals surface area contributed by atoms with E-state index in [0.29, 0.717) is 5.02 Å². The Balaban J connectivity index is 1.50. The van der Waals surface area contributed by atoms with Crippen molar-refractivity contribution in [2.45, 2.75) is 32.6 Å². The van der Waals surface area contributed by atoms with Crippen LogP contribution in [-0.4, -0.2) is 44.4 Å². The van der Waals surface area contributed by atoms with Gasteiger partial charge in [-0.25, -0.2) is 0 Å². The van der Waals surface area contributed by atoms with Gasteiger partial charge in [0.1, 0.15) is 5.75 Å². The van der Waals surface area contributed by atoms with Crippen LogP contribution in [0, 0.1) is 6.92 Å². The number of halogens is 1. The highest BCUT2D eigenvalue weighted by molar-refractivity contribution is 6.32. The van der Waals surface area contributed by atoms with Gasteiger partial charge in [-0.05, 0) is 44.0 Å². The molecule has 118 valence electrons. The van der Waals surface area contributed by atoms with Gasteiger partial charge in [-0.2, -0.15) is 0 Å². The third-order valence-electron chi connectivity index (χ3n) is 3.82. The molecule has 1 aromatic rings. The molecule has 1 aromatic carbocycles. The Bertz CT molecular complexity index is 419. The van der Waals surface area contributed by atoms with E-state index in [1.165, 1.54) is 25.8 Å². The average Bonchev–Trinajstić information content (AvgIpc) is 2.49. The van der Waals surface area contributed by atoms with Gasteiger partial charge < -0.3 is 9.47 Å². The molecule has 1 aliphatic heterocycles. The van der Waals surface area contributed by atoms with Gasteiger partial charge in [-0.15, -0.1) is 0 Å². The molecule has 0 N–H and O–H groups in total. The molecule has 4 heteroatoms. The Labute approximate surface area is 133 Å². The van der Waals surface area contributed by atoms with Gasteiger partial charge in [-0.1, -0.05) is 30.5 Å². The van der Waals surface area contributed by atoms with Crippen LogP contribution in [0.15, 0.2) is 18.2 Å². The van der Waals surface area contributed by atoms with Crippen molar-refractivity contribution in [3.8, 4) is 5.75 Å². The minimum atomic E-state index is 0.710. The highest BCUT2D eigenvalue weighted by Crippen LogP contribution is 2.25. The number of hydrogen-bond donors (Lipinski definition) is 0. The molecule has 0 amide bonds. The Morgan fingerprint density at radius 3 is 2.67 bits per heavy atom. The molecule has 2 rings (SSSR count). The van der Waals surface area contributed by atoms with Gasteiger partial charge in [0.2, 0.25) is 0 Å². The van der Waals surface area contributed by atoms with Crippen LogP contribution >= 0.6 is 11.6 Å². The van der Waals surface area contributed by atoms with Gasteiger partial charge in [0.15, 0.2) is 0 Å². The van der Waals surface area contributed by atoms with Crippen LogP contribution in [0.5, 0.6) is 5.75 Å². The van der Waals surface area contributed by atoms with Crippen molar-refractivity contribution in [2.24, 2.45) is 0 Å². The highest BCUT2D eigenvalue weighted by atomic mass is 35.5. The maximum Gasteiger partial charge on any atom is 0.137 e. The van der Waals surface area contributed by atoms with E-state index in [1.54, 1.807) is 0 Å². The zero-order chi connectivity index (χ0) is 14.9. The fraction of sp³-hybridized carbons (Fsp3) is 0.647. The largest absolute Gasteiger partial charge is 0.492 e. The van der Waals surface area contributed by atoms with Crippen molar-refractivity contribution < 1.29 is 9.47 Å². The van der Waals surface area contributed by atoms with Gasteiger partial charge in [0, 0.05) is 13.1 Å². The molecule has 1 aliphatic rings. The lowest BCUT2D eigenvalue weighted by molar-refractivity contribution is 0.0371. The zero-order valence-corrected chi connectivity index (χ0v) is 13.7. The molecule has 0 saturated carbocycles. The van der Waals surface area contributed by atoms with Crippen LogP contribution in [-0.2, 0) is 4.74 Å². The van der Waals surface area contributed by atoms with Gasteiger partial charge in [0.25, 0.3) is 0 Å². The Hall–Kier alpha value is -0.770. The molecule has 0 atom stereocenters. The maximum absolute atomic E-state index is 6.14. The summed E-state index contributed by atoms with van der Waals surface area (Å²) in [5.41, 5.74) is 1.16. The van der Waals surface area contributed by atoms with Gasteiger partial charge in [-0.3, -0.25) is 4.90 Å². The molecule has 0 aromatic heterocycles. The summed E-state index contributed by atoms with van der Waals surface area (Å²) in [4.78, 5) is 2.49. The smallest absolute Gasteiger partial charge is 0.137 e. The van der Waals surface area contributed by atoms with Crippen molar-refractivity contribution in [1.29, 1.82) is 0 Å². The molecular formula is C17H26ClNO2. The quantitative estimate of drug-likeness (QED) is 0.679. The Morgan fingerprint density at radius 2 is 1.90 bits per heavy atom. The first-order valence-corrected chi connectivity index (χ1v) is 8.32. The normalized spacial score (nSPS) is 16.1. The SMILES string of the molecule is Cc1ccc(OCCCCCCN2CCOCC2)c(Cl)c1. The fourth-order valence-electron chi connectivity index (χ4n) is 2.52. The molecule has 0 bridgehead atoms. The van der Waals surface area contributed by atoms with Crippen LogP contribution < -0.4 is 4.74 Å². The van der Waals surface area contributed by atoms with Crippen LogP contribution in [0.3, 0.4) is 0 Å². The molecule has 1 heterocycles. The summed E-state index contributed by atoms with van der Waals surface area (Å²) in [6.45, 7) is 7.96. The number of nitrogens with zero attached hydrogens (tertiary/aromatic N) is 1. The van der Waals surface area contributed by atoms with Crippen molar-refractivity contribution >= 4 is 11.6 Å². The van der Waals surface area contributed by atoms with Crippen LogP contribution in [0.2, 0.25) is 5.02 Å². The Morgan fingerprint density at radius 1 is 1.14 bits per heavy atom. The monoisotopic (exact) mass is 311 g/mol. The second-order valence-corrected chi connectivity index (χ2v) is 6.06. The molecular weight excluding hydrogens is 286 g/mol. The first kappa shape index (κ1) is 16.6. The predicted molar refractivity (Wildman–Crippen MR) is 87.4 cm³/mol. The predicted octanol–water partition coefficient (Wildman–Crippen LogP) is 3.92. The lowest BCUT2D eigenvalue weighted by Crippen LogP contribution is -2.36. The highest BCUT2D eigenvalue weighted by Gasteiger charge is 2.08. The number of ether oxygens (including phenoxy) is 2. The van der Waals surface area contributed by atoms with Crippen molar-refractivity contribution in [2.75, 3.05) is 39.5 Å². The van der Waals surface area contributed by atoms with Crippen molar-refractivity contribution in [3.63, 3.8) is 0 Å². The number of rotatable bonds is 8. The molecule has 21 heavy (non-hydrogen) atoms. The first-order chi connectivity index (χ1) is 10.3. The lowest BCUT2D eigenvalue weighted by atomic mass is 10.2. The summed E-state index contributed by atoms with van der Waals surface area (Å²) in [6, 6.07) is 5.93. The maximum atomic E-state index is 6.14. The van der Waals surface area contributed by atoms with Crippen molar-refractivity contribution in [3.05, 3.63) is 28.8 Å². The summed E-state index contributed by atoms with van der Waals surface area (Å²) in [5, 5.41) is 0.710. The number of unbranched alkanes of at least 4 members (excludes halogenated alkanes) is 3. The van der Waals surface area contributed by atoms with E-state index >= 15 is 0 Å². The summed E-state index contributed by atoms with van der Waals surface area (Å²) in [7, 11) is 0. The third-order valence-corrected chi connectivity index (χ3v) is 4.11. The molecule has 1 fully saturated rings. The van der Waals surface area contributed by atoms with E-state index in [2.05, 4.69) is 4.90 Å². The van der Waals surface area contributed by atoms with E-state index < -0.39 is 0 Å². The summed E-state index contributed by atoms with van der Waals surface area (Å²) in [6.07, 6.45) is 4.84. The van der Waals surface area contributed by atoms with Crippen molar-refractivity contribution in [1.82, 2.24) is 4.90 Å². The van der Waals surface area contributed by atoms with E-state index in [0.717, 1.165) is 50.6 Å². The molecule has 0 aliphatic carbocycles. The molecule has 0 spiro atoms. The van der Waals surface area contributed by atoms with E-state index in [1.807, 2.05) is 25.1 Å². The number of benzene rings is 1. The summed E-state index contributed by atoms with van der Waals surface area (Å²) >= 11 is 6.14. The van der Waals surface area contributed by atoms with Crippen LogP contribution in [0.25, 0.3) is 0 Å². The summed E-state index contributed by atoms with van der Waals surface area (Å²) < 4.78 is 11.1. The van der Waals surface area contributed by atoms with E-state index in [-0.39, 0.29) is 0 Å². The lowest BCUT2D eigenvalue weighted by Gasteiger charge is -2.26.